The highest BCUT2D eigenvalue weighted by Crippen LogP contribution is 2.44. The fourth-order valence-electron chi connectivity index (χ4n) is 7.43. The summed E-state index contributed by atoms with van der Waals surface area (Å²) in [6, 6.07) is 52.0. The van der Waals surface area contributed by atoms with E-state index in [9.17, 15) is 0 Å². The minimum Gasteiger partial charge on any atom is -0.456 e. The number of hydrogen-bond donors (Lipinski definition) is 0. The highest BCUT2D eigenvalue weighted by Gasteiger charge is 2.22. The van der Waals surface area contributed by atoms with Gasteiger partial charge in [-0.2, -0.15) is 0 Å². The number of fused-ring (bicyclic) bond motifs is 9. The molecule has 4 heterocycles. The maximum Gasteiger partial charge on any atom is 0.164 e. The topological polar surface area (TPSA) is 65.0 Å². The van der Waals surface area contributed by atoms with Crippen LogP contribution in [0.2, 0.25) is 0 Å². The lowest BCUT2D eigenvalue weighted by atomic mass is 9.97. The molecule has 238 valence electrons. The second-order valence-corrected chi connectivity index (χ2v) is 13.8. The van der Waals surface area contributed by atoms with Crippen molar-refractivity contribution in [1.82, 2.24) is 15.0 Å². The molecule has 0 saturated carbocycles. The van der Waals surface area contributed by atoms with Gasteiger partial charge < -0.3 is 8.83 Å². The van der Waals surface area contributed by atoms with Gasteiger partial charge in [-0.05, 0) is 54.1 Å². The van der Waals surface area contributed by atoms with Gasteiger partial charge in [-0.1, -0.05) is 103 Å². The smallest absolute Gasteiger partial charge is 0.164 e. The monoisotopic (exact) mass is 671 g/mol. The van der Waals surface area contributed by atoms with Gasteiger partial charge >= 0.3 is 0 Å². The molecule has 0 N–H and O–H groups in total. The number of benzene rings is 7. The van der Waals surface area contributed by atoms with E-state index in [1.54, 1.807) is 11.3 Å². The summed E-state index contributed by atoms with van der Waals surface area (Å²) in [6.45, 7) is 0. The summed E-state index contributed by atoms with van der Waals surface area (Å²) >= 11 is 1.79. The summed E-state index contributed by atoms with van der Waals surface area (Å²) < 4.78 is 15.3. The molecule has 0 unspecified atom stereocenters. The van der Waals surface area contributed by atoms with Crippen molar-refractivity contribution in [3.05, 3.63) is 152 Å². The van der Waals surface area contributed by atoms with E-state index < -0.39 is 0 Å². The molecule has 0 aliphatic heterocycles. The molecule has 11 aromatic rings. The molecule has 0 amide bonds. The van der Waals surface area contributed by atoms with E-state index in [1.807, 2.05) is 72.8 Å². The fourth-order valence-corrected chi connectivity index (χ4v) is 8.56. The molecule has 0 fully saturated rings. The van der Waals surface area contributed by atoms with Crippen molar-refractivity contribution >= 4 is 75.4 Å². The molecule has 0 atom stereocenters. The molecule has 0 radical (unpaired) electrons. The van der Waals surface area contributed by atoms with Crippen molar-refractivity contribution < 1.29 is 8.83 Å². The zero-order chi connectivity index (χ0) is 33.5. The highest BCUT2D eigenvalue weighted by atomic mass is 32.1. The van der Waals surface area contributed by atoms with Crippen LogP contribution < -0.4 is 0 Å². The Morgan fingerprint density at radius 2 is 1.00 bits per heavy atom. The standard InChI is InChI=1S/C45H25N3O2S/c1-2-11-26(12-3-1)43-46-44(32-16-10-20-39-40(32)31-15-6-9-19-38(31)51-39)48-45(47-43)33-23-22-28(42-41(33)30-14-5-8-18-36(30)50-42)27-21-24-37-34(25-27)29-13-4-7-17-35(29)49-37/h1-25H. The van der Waals surface area contributed by atoms with Gasteiger partial charge in [0.2, 0.25) is 0 Å². The first kappa shape index (κ1) is 28.2. The Morgan fingerprint density at radius 1 is 0.373 bits per heavy atom. The van der Waals surface area contributed by atoms with Gasteiger partial charge in [0.1, 0.15) is 22.3 Å². The van der Waals surface area contributed by atoms with Gasteiger partial charge in [0.25, 0.3) is 0 Å². The Kier molecular flexibility index (Phi) is 6.05. The summed E-state index contributed by atoms with van der Waals surface area (Å²) in [5.41, 5.74) is 8.16. The maximum absolute atomic E-state index is 6.71. The van der Waals surface area contributed by atoms with Crippen LogP contribution in [0.25, 0.3) is 109 Å². The van der Waals surface area contributed by atoms with Crippen LogP contribution >= 0.6 is 11.3 Å². The summed E-state index contributed by atoms with van der Waals surface area (Å²) in [5.74, 6) is 1.85. The molecule has 0 spiro atoms. The Bertz CT molecular complexity index is 3160. The van der Waals surface area contributed by atoms with Crippen LogP contribution in [0.4, 0.5) is 0 Å². The van der Waals surface area contributed by atoms with Crippen molar-refractivity contribution in [3.63, 3.8) is 0 Å². The van der Waals surface area contributed by atoms with Gasteiger partial charge in [-0.3, -0.25) is 0 Å². The van der Waals surface area contributed by atoms with Crippen molar-refractivity contribution in [3.8, 4) is 45.3 Å². The van der Waals surface area contributed by atoms with Gasteiger partial charge in [-0.25, -0.2) is 15.0 Å². The first-order valence-electron chi connectivity index (χ1n) is 16.9. The number of rotatable bonds is 4. The normalized spacial score (nSPS) is 11.9. The predicted molar refractivity (Wildman–Crippen MR) is 209 cm³/mol. The summed E-state index contributed by atoms with van der Waals surface area (Å²) in [5, 5.41) is 6.49. The maximum atomic E-state index is 6.71. The molecule has 0 bridgehead atoms. The fraction of sp³-hybridized carbons (Fsp3) is 0. The van der Waals surface area contributed by atoms with Crippen LogP contribution in [0, 0.1) is 0 Å². The van der Waals surface area contributed by atoms with Gasteiger partial charge in [0.05, 0.1) is 0 Å². The van der Waals surface area contributed by atoms with Crippen LogP contribution in [0.3, 0.4) is 0 Å². The van der Waals surface area contributed by atoms with Crippen LogP contribution in [-0.2, 0) is 0 Å². The Balaban J connectivity index is 1.18. The lowest BCUT2D eigenvalue weighted by molar-refractivity contribution is 0.668. The first-order chi connectivity index (χ1) is 25.3. The van der Waals surface area contributed by atoms with Crippen LogP contribution in [0.15, 0.2) is 160 Å². The molecule has 5 nitrogen and oxygen atoms in total. The summed E-state index contributed by atoms with van der Waals surface area (Å²) in [7, 11) is 0. The van der Waals surface area contributed by atoms with Crippen molar-refractivity contribution in [1.29, 1.82) is 0 Å². The van der Waals surface area contributed by atoms with E-state index in [0.717, 1.165) is 77.1 Å². The van der Waals surface area contributed by atoms with E-state index in [-0.39, 0.29) is 0 Å². The Hall–Kier alpha value is -6.63. The number of para-hydroxylation sites is 2. The average Bonchev–Trinajstić information content (AvgIpc) is 3.89. The second-order valence-electron chi connectivity index (χ2n) is 12.7. The third kappa shape index (κ3) is 4.37. The molecule has 0 aliphatic rings. The molecule has 11 rings (SSSR count). The number of thiophene rings is 1. The SMILES string of the molecule is c1ccc(-c2nc(-c3cccc4sc5ccccc5c34)nc(-c3ccc(-c4ccc5oc6ccccc6c5c4)c4oc5ccccc5c34)n2)cc1. The number of aromatic nitrogens is 3. The van der Waals surface area contributed by atoms with E-state index in [1.165, 1.54) is 14.8 Å². The molecule has 0 aliphatic carbocycles. The third-order valence-electron chi connectivity index (χ3n) is 9.77. The van der Waals surface area contributed by atoms with E-state index in [2.05, 4.69) is 78.9 Å². The van der Waals surface area contributed by atoms with E-state index in [4.69, 9.17) is 23.8 Å². The van der Waals surface area contributed by atoms with E-state index >= 15 is 0 Å². The quantitative estimate of drug-likeness (QED) is 0.186. The second kappa shape index (κ2) is 10.9. The zero-order valence-corrected chi connectivity index (χ0v) is 27.8. The molecular formula is C45H25N3O2S. The van der Waals surface area contributed by atoms with Crippen LogP contribution in [-0.4, -0.2) is 15.0 Å². The van der Waals surface area contributed by atoms with Gasteiger partial charge in [-0.15, -0.1) is 11.3 Å². The van der Waals surface area contributed by atoms with Crippen LogP contribution in [0.1, 0.15) is 0 Å². The first-order valence-corrected chi connectivity index (χ1v) is 17.7. The lowest BCUT2D eigenvalue weighted by Gasteiger charge is -2.11. The number of nitrogens with zero attached hydrogens (tertiary/aromatic N) is 3. The summed E-state index contributed by atoms with van der Waals surface area (Å²) in [6.07, 6.45) is 0. The molecule has 7 aromatic carbocycles. The van der Waals surface area contributed by atoms with Crippen LogP contribution in [0.5, 0.6) is 0 Å². The third-order valence-corrected chi connectivity index (χ3v) is 10.9. The molecular weight excluding hydrogens is 647 g/mol. The van der Waals surface area contributed by atoms with Crippen molar-refractivity contribution in [2.75, 3.05) is 0 Å². The van der Waals surface area contributed by atoms with Gasteiger partial charge in [0.15, 0.2) is 17.5 Å². The minimum atomic E-state index is 0.592. The van der Waals surface area contributed by atoms with Crippen molar-refractivity contribution in [2.24, 2.45) is 0 Å². The Labute approximate surface area is 295 Å². The number of furan rings is 2. The average molecular weight is 672 g/mol. The minimum absolute atomic E-state index is 0.592. The highest BCUT2D eigenvalue weighted by molar-refractivity contribution is 7.25. The predicted octanol–water partition coefficient (Wildman–Crippen LogP) is 12.7. The van der Waals surface area contributed by atoms with Crippen molar-refractivity contribution in [2.45, 2.75) is 0 Å². The zero-order valence-electron chi connectivity index (χ0n) is 27.0. The largest absolute Gasteiger partial charge is 0.456 e. The van der Waals surface area contributed by atoms with E-state index in [0.29, 0.717) is 17.5 Å². The molecule has 0 saturated heterocycles. The number of hydrogen-bond acceptors (Lipinski definition) is 6. The lowest BCUT2D eigenvalue weighted by Crippen LogP contribution is -2.01. The van der Waals surface area contributed by atoms with Gasteiger partial charge in [0, 0.05) is 64.0 Å². The summed E-state index contributed by atoms with van der Waals surface area (Å²) in [4.78, 5) is 15.6. The molecule has 6 heteroatoms. The molecule has 4 aromatic heterocycles. The molecule has 51 heavy (non-hydrogen) atoms. The Morgan fingerprint density at radius 3 is 1.84 bits per heavy atom.